The number of nitrogens with zero attached hydrogens (tertiary/aromatic N) is 1. The molecule has 3 rings (SSSR count). The normalized spacial score (nSPS) is 11.2. The summed E-state index contributed by atoms with van der Waals surface area (Å²) in [4.78, 5) is 16.4. The van der Waals surface area contributed by atoms with Crippen molar-refractivity contribution in [2.75, 3.05) is 0 Å². The van der Waals surface area contributed by atoms with Crippen LogP contribution in [0.1, 0.15) is 23.1 Å². The number of pyridine rings is 1. The van der Waals surface area contributed by atoms with E-state index in [1.54, 1.807) is 6.20 Å². The van der Waals surface area contributed by atoms with Gasteiger partial charge in [-0.2, -0.15) is 0 Å². The molecule has 0 saturated carbocycles. The Balaban J connectivity index is 1.62. The van der Waals surface area contributed by atoms with Gasteiger partial charge in [-0.05, 0) is 36.2 Å². The van der Waals surface area contributed by atoms with E-state index in [-0.39, 0.29) is 5.78 Å². The third-order valence-electron chi connectivity index (χ3n) is 3.77. The Morgan fingerprint density at radius 2 is 2.00 bits per heavy atom. The average Bonchev–Trinajstić information content (AvgIpc) is 2.55. The summed E-state index contributed by atoms with van der Waals surface area (Å²) in [5.74, 6) is 0.220. The van der Waals surface area contributed by atoms with E-state index in [9.17, 15) is 4.79 Å². The third-order valence-corrected chi connectivity index (χ3v) is 3.77. The molecule has 2 heteroatoms. The average molecular weight is 301 g/mol. The Morgan fingerprint density at radius 1 is 1.09 bits per heavy atom. The Kier molecular flexibility index (Phi) is 4.62. The molecule has 2 nitrogen and oxygen atoms in total. The SMILES string of the molecule is Cc1cccc(/C=C/CC(=O)Cc2ccc3ncccc3c2)c1. The molecule has 23 heavy (non-hydrogen) atoms. The standard InChI is InChI=1S/C21H19NO/c1-16-5-2-6-17(13-16)7-3-9-20(23)15-18-10-11-21-19(14-18)8-4-12-22-21/h2-8,10-14H,9,15H2,1H3/b7-3+. The van der Waals surface area contributed by atoms with Gasteiger partial charge in [0.05, 0.1) is 5.52 Å². The zero-order valence-corrected chi connectivity index (χ0v) is 13.2. The first kappa shape index (κ1) is 15.2. The Labute approximate surface area is 136 Å². The molecular formula is C21H19NO. The Morgan fingerprint density at radius 3 is 2.87 bits per heavy atom. The van der Waals surface area contributed by atoms with E-state index in [2.05, 4.69) is 24.0 Å². The van der Waals surface area contributed by atoms with E-state index >= 15 is 0 Å². The topological polar surface area (TPSA) is 30.0 Å². The molecule has 3 aromatic rings. The van der Waals surface area contributed by atoms with Crippen molar-refractivity contribution in [3.05, 3.63) is 83.6 Å². The quantitative estimate of drug-likeness (QED) is 0.680. The first-order chi connectivity index (χ1) is 11.2. The summed E-state index contributed by atoms with van der Waals surface area (Å²) in [7, 11) is 0. The molecule has 0 unspecified atom stereocenters. The van der Waals surface area contributed by atoms with Crippen LogP contribution in [0.15, 0.2) is 66.9 Å². The summed E-state index contributed by atoms with van der Waals surface area (Å²) < 4.78 is 0. The van der Waals surface area contributed by atoms with Crippen LogP contribution in [-0.4, -0.2) is 10.8 Å². The summed E-state index contributed by atoms with van der Waals surface area (Å²) in [6.45, 7) is 2.07. The van der Waals surface area contributed by atoms with Gasteiger partial charge < -0.3 is 0 Å². The van der Waals surface area contributed by atoms with E-state index in [4.69, 9.17) is 0 Å². The maximum Gasteiger partial charge on any atom is 0.141 e. The number of aromatic nitrogens is 1. The largest absolute Gasteiger partial charge is 0.299 e. The van der Waals surface area contributed by atoms with Crippen LogP contribution in [-0.2, 0) is 11.2 Å². The molecule has 0 saturated heterocycles. The molecule has 0 N–H and O–H groups in total. The second-order valence-electron chi connectivity index (χ2n) is 5.77. The minimum atomic E-state index is 0.220. The van der Waals surface area contributed by atoms with Crippen molar-refractivity contribution < 1.29 is 4.79 Å². The predicted octanol–water partition coefficient (Wildman–Crippen LogP) is 4.76. The number of rotatable bonds is 5. The lowest BCUT2D eigenvalue weighted by molar-refractivity contribution is -0.117. The highest BCUT2D eigenvalue weighted by Crippen LogP contribution is 2.14. The lowest BCUT2D eigenvalue weighted by atomic mass is 10.0. The summed E-state index contributed by atoms with van der Waals surface area (Å²) in [6, 6.07) is 18.2. The predicted molar refractivity (Wildman–Crippen MR) is 95.3 cm³/mol. The number of Topliss-reactive ketones (excluding diaryl/α,β-unsaturated/α-hetero) is 1. The second-order valence-corrected chi connectivity index (χ2v) is 5.77. The number of hydrogen-bond donors (Lipinski definition) is 0. The molecule has 0 aliphatic carbocycles. The van der Waals surface area contributed by atoms with Gasteiger partial charge in [-0.1, -0.05) is 54.1 Å². The number of carbonyl (C=O) groups excluding carboxylic acids is 1. The number of hydrogen-bond acceptors (Lipinski definition) is 2. The van der Waals surface area contributed by atoms with Crippen molar-refractivity contribution in [1.82, 2.24) is 4.98 Å². The van der Waals surface area contributed by atoms with E-state index in [1.807, 2.05) is 54.6 Å². The van der Waals surface area contributed by atoms with Crippen LogP contribution in [0.25, 0.3) is 17.0 Å². The van der Waals surface area contributed by atoms with Crippen LogP contribution < -0.4 is 0 Å². The summed E-state index contributed by atoms with van der Waals surface area (Å²) in [5, 5.41) is 1.08. The molecule has 0 amide bonds. The highest BCUT2D eigenvalue weighted by atomic mass is 16.1. The van der Waals surface area contributed by atoms with Gasteiger partial charge in [0.2, 0.25) is 0 Å². The number of allylic oxidation sites excluding steroid dienone is 1. The van der Waals surface area contributed by atoms with Gasteiger partial charge in [0.15, 0.2) is 0 Å². The number of ketones is 1. The maximum absolute atomic E-state index is 12.1. The number of aryl methyl sites for hydroxylation is 1. The van der Waals surface area contributed by atoms with Crippen molar-refractivity contribution >= 4 is 22.8 Å². The summed E-state index contributed by atoms with van der Waals surface area (Å²) in [5.41, 5.74) is 4.36. The van der Waals surface area contributed by atoms with E-state index in [1.165, 1.54) is 5.56 Å². The van der Waals surface area contributed by atoms with Gasteiger partial charge in [-0.25, -0.2) is 0 Å². The molecule has 0 radical (unpaired) electrons. The highest BCUT2D eigenvalue weighted by molar-refractivity contribution is 5.85. The van der Waals surface area contributed by atoms with Gasteiger partial charge in [-0.15, -0.1) is 0 Å². The lowest BCUT2D eigenvalue weighted by Crippen LogP contribution is -2.00. The van der Waals surface area contributed by atoms with Crippen LogP contribution >= 0.6 is 0 Å². The highest BCUT2D eigenvalue weighted by Gasteiger charge is 2.03. The molecule has 2 aromatic carbocycles. The third kappa shape index (κ3) is 4.13. The Bertz CT molecular complexity index is 864. The molecule has 0 aliphatic heterocycles. The van der Waals surface area contributed by atoms with Crippen LogP contribution in [0, 0.1) is 6.92 Å². The van der Waals surface area contributed by atoms with Crippen molar-refractivity contribution in [1.29, 1.82) is 0 Å². The van der Waals surface area contributed by atoms with E-state index in [0.29, 0.717) is 12.8 Å². The van der Waals surface area contributed by atoms with Crippen molar-refractivity contribution in [3.8, 4) is 0 Å². The fraction of sp³-hybridized carbons (Fsp3) is 0.143. The van der Waals surface area contributed by atoms with Gasteiger partial charge in [0.1, 0.15) is 5.78 Å². The van der Waals surface area contributed by atoms with Gasteiger partial charge >= 0.3 is 0 Å². The van der Waals surface area contributed by atoms with E-state index < -0.39 is 0 Å². The lowest BCUT2D eigenvalue weighted by Gasteiger charge is -2.02. The molecule has 1 aromatic heterocycles. The smallest absolute Gasteiger partial charge is 0.141 e. The second kappa shape index (κ2) is 7.01. The molecule has 114 valence electrons. The first-order valence-corrected chi connectivity index (χ1v) is 7.79. The monoisotopic (exact) mass is 301 g/mol. The van der Waals surface area contributed by atoms with Crippen LogP contribution in [0.4, 0.5) is 0 Å². The van der Waals surface area contributed by atoms with Crippen LogP contribution in [0.3, 0.4) is 0 Å². The molecule has 0 atom stereocenters. The fourth-order valence-electron chi connectivity index (χ4n) is 2.64. The minimum absolute atomic E-state index is 0.220. The van der Waals surface area contributed by atoms with E-state index in [0.717, 1.165) is 22.0 Å². The zero-order valence-electron chi connectivity index (χ0n) is 13.2. The van der Waals surface area contributed by atoms with Crippen molar-refractivity contribution in [3.63, 3.8) is 0 Å². The Hall–Kier alpha value is -2.74. The molecule has 1 heterocycles. The van der Waals surface area contributed by atoms with Crippen molar-refractivity contribution in [2.24, 2.45) is 0 Å². The molecule has 0 spiro atoms. The van der Waals surface area contributed by atoms with Gasteiger partial charge in [0, 0.05) is 24.4 Å². The van der Waals surface area contributed by atoms with Crippen LogP contribution in [0.5, 0.6) is 0 Å². The van der Waals surface area contributed by atoms with Gasteiger partial charge in [0.25, 0.3) is 0 Å². The molecule has 0 aliphatic rings. The number of benzene rings is 2. The van der Waals surface area contributed by atoms with Crippen molar-refractivity contribution in [2.45, 2.75) is 19.8 Å². The molecule has 0 bridgehead atoms. The molecule has 0 fully saturated rings. The molecular weight excluding hydrogens is 282 g/mol. The summed E-state index contributed by atoms with van der Waals surface area (Å²) >= 11 is 0. The van der Waals surface area contributed by atoms with Gasteiger partial charge in [-0.3, -0.25) is 9.78 Å². The zero-order chi connectivity index (χ0) is 16.1. The number of carbonyl (C=O) groups is 1. The fourth-order valence-corrected chi connectivity index (χ4v) is 2.64. The minimum Gasteiger partial charge on any atom is -0.299 e. The first-order valence-electron chi connectivity index (χ1n) is 7.79. The maximum atomic E-state index is 12.1. The van der Waals surface area contributed by atoms with Crippen LogP contribution in [0.2, 0.25) is 0 Å². The number of fused-ring (bicyclic) bond motifs is 1. The summed E-state index contributed by atoms with van der Waals surface area (Å²) in [6.07, 6.45) is 6.65.